The van der Waals surface area contributed by atoms with Gasteiger partial charge in [-0.15, -0.1) is 0 Å². The minimum Gasteiger partial charge on any atom is -0.497 e. The predicted molar refractivity (Wildman–Crippen MR) is 128 cm³/mol. The summed E-state index contributed by atoms with van der Waals surface area (Å²) in [6.45, 7) is 4.22. The lowest BCUT2D eigenvalue weighted by Gasteiger charge is -2.36. The van der Waals surface area contributed by atoms with Crippen molar-refractivity contribution in [3.05, 3.63) is 84.0 Å². The Bertz CT molecular complexity index is 1220. The van der Waals surface area contributed by atoms with Crippen molar-refractivity contribution in [1.29, 1.82) is 0 Å². The van der Waals surface area contributed by atoms with Crippen LogP contribution in [-0.4, -0.2) is 31.0 Å². The number of likely N-dealkylation sites (tertiary alicyclic amines) is 1. The van der Waals surface area contributed by atoms with E-state index >= 15 is 0 Å². The number of nitrogens with one attached hydrogen (secondary N) is 1. The van der Waals surface area contributed by atoms with Gasteiger partial charge in [-0.3, -0.25) is 9.69 Å². The summed E-state index contributed by atoms with van der Waals surface area (Å²) < 4.78 is 17.2. The highest BCUT2D eigenvalue weighted by Crippen LogP contribution is 2.42. The van der Waals surface area contributed by atoms with E-state index in [-0.39, 0.29) is 17.7 Å². The van der Waals surface area contributed by atoms with Gasteiger partial charge in [0.1, 0.15) is 17.1 Å². The number of hydrogen-bond acceptors (Lipinski definition) is 5. The number of furan rings is 2. The van der Waals surface area contributed by atoms with Gasteiger partial charge < -0.3 is 18.9 Å². The molecule has 1 amide bonds. The predicted octanol–water partition coefficient (Wildman–Crippen LogP) is 6.11. The van der Waals surface area contributed by atoms with Gasteiger partial charge in [-0.25, -0.2) is 0 Å². The maximum Gasteiger partial charge on any atom is 0.291 e. The van der Waals surface area contributed by atoms with E-state index < -0.39 is 0 Å². The van der Waals surface area contributed by atoms with Gasteiger partial charge in [0, 0.05) is 5.39 Å². The molecule has 0 radical (unpaired) electrons. The fraction of sp³-hybridized carbons (Fsp3) is 0.296. The fourth-order valence-electron chi connectivity index (χ4n) is 4.57. The molecule has 170 valence electrons. The summed E-state index contributed by atoms with van der Waals surface area (Å²) in [4.78, 5) is 15.4. The molecule has 1 N–H and O–H groups in total. The normalized spacial score (nSPS) is 16.1. The minimum atomic E-state index is -0.298. The molecule has 0 bridgehead atoms. The molecule has 1 saturated heterocycles. The number of nitrogens with zero attached hydrogens (tertiary/aromatic N) is 1. The highest BCUT2D eigenvalue weighted by molar-refractivity contribution is 6.08. The number of piperidine rings is 1. The maximum atomic E-state index is 13.0. The molecule has 1 unspecified atom stereocenters. The third-order valence-corrected chi connectivity index (χ3v) is 6.47. The molecule has 0 saturated carbocycles. The Morgan fingerprint density at radius 3 is 2.52 bits per heavy atom. The lowest BCUT2D eigenvalue weighted by atomic mass is 9.94. The van der Waals surface area contributed by atoms with Crippen LogP contribution in [0.25, 0.3) is 11.0 Å². The second-order valence-corrected chi connectivity index (χ2v) is 8.66. The SMILES string of the molecule is COc1ccc(C(c2oc3ccccc3c2NC(=O)c2ccco2)N2CCC(C)CC2)cc1. The maximum absolute atomic E-state index is 13.0. The number of benzene rings is 2. The Kier molecular flexibility index (Phi) is 5.92. The monoisotopic (exact) mass is 444 g/mol. The molecule has 6 heteroatoms. The van der Waals surface area contributed by atoms with Crippen molar-refractivity contribution < 1.29 is 18.4 Å². The summed E-state index contributed by atoms with van der Waals surface area (Å²) >= 11 is 0. The van der Waals surface area contributed by atoms with Crippen LogP contribution in [0.2, 0.25) is 0 Å². The highest BCUT2D eigenvalue weighted by atomic mass is 16.5. The first-order valence-corrected chi connectivity index (χ1v) is 11.4. The Morgan fingerprint density at radius 1 is 1.06 bits per heavy atom. The number of anilines is 1. The lowest BCUT2D eigenvalue weighted by molar-refractivity contribution is 0.0995. The summed E-state index contributed by atoms with van der Waals surface area (Å²) in [5.74, 6) is 2.20. The molecule has 1 aliphatic rings. The Labute approximate surface area is 193 Å². The number of methoxy groups -OCH3 is 1. The van der Waals surface area contributed by atoms with Crippen molar-refractivity contribution in [3.8, 4) is 5.75 Å². The van der Waals surface area contributed by atoms with E-state index in [1.807, 2.05) is 36.4 Å². The molecule has 1 fully saturated rings. The van der Waals surface area contributed by atoms with E-state index in [9.17, 15) is 4.79 Å². The smallest absolute Gasteiger partial charge is 0.291 e. The highest BCUT2D eigenvalue weighted by Gasteiger charge is 2.32. The minimum absolute atomic E-state index is 0.136. The first-order chi connectivity index (χ1) is 16.1. The molecule has 33 heavy (non-hydrogen) atoms. The molecule has 4 aromatic rings. The summed E-state index contributed by atoms with van der Waals surface area (Å²) in [6, 6.07) is 19.1. The zero-order valence-electron chi connectivity index (χ0n) is 18.9. The number of hydrogen-bond donors (Lipinski definition) is 1. The van der Waals surface area contributed by atoms with Crippen LogP contribution in [0.1, 0.15) is 47.7 Å². The molecule has 2 aromatic heterocycles. The lowest BCUT2D eigenvalue weighted by Crippen LogP contribution is -2.37. The van der Waals surface area contributed by atoms with Crippen LogP contribution < -0.4 is 10.1 Å². The zero-order chi connectivity index (χ0) is 22.8. The fourth-order valence-corrected chi connectivity index (χ4v) is 4.57. The van der Waals surface area contributed by atoms with Crippen molar-refractivity contribution in [2.75, 3.05) is 25.5 Å². The first kappa shape index (κ1) is 21.3. The molecular formula is C27H28N2O4. The molecule has 1 aliphatic heterocycles. The van der Waals surface area contributed by atoms with Crippen LogP contribution >= 0.6 is 0 Å². The largest absolute Gasteiger partial charge is 0.497 e. The van der Waals surface area contributed by atoms with Gasteiger partial charge in [0.15, 0.2) is 5.76 Å². The Balaban J connectivity index is 1.62. The van der Waals surface area contributed by atoms with Gasteiger partial charge in [-0.1, -0.05) is 31.2 Å². The van der Waals surface area contributed by atoms with Crippen molar-refractivity contribution in [3.63, 3.8) is 0 Å². The number of fused-ring (bicyclic) bond motifs is 1. The van der Waals surface area contributed by atoms with Gasteiger partial charge in [-0.2, -0.15) is 0 Å². The summed E-state index contributed by atoms with van der Waals surface area (Å²) in [6.07, 6.45) is 3.75. The van der Waals surface area contributed by atoms with Crippen LogP contribution in [0.3, 0.4) is 0 Å². The molecular weight excluding hydrogens is 416 g/mol. The average molecular weight is 445 g/mol. The third kappa shape index (κ3) is 4.26. The first-order valence-electron chi connectivity index (χ1n) is 11.4. The Hall–Kier alpha value is -3.51. The van der Waals surface area contributed by atoms with Gasteiger partial charge in [-0.05, 0) is 73.8 Å². The summed E-state index contributed by atoms with van der Waals surface area (Å²) in [7, 11) is 1.67. The zero-order valence-corrected chi connectivity index (χ0v) is 18.9. The van der Waals surface area contributed by atoms with Crippen LogP contribution in [0.5, 0.6) is 5.75 Å². The van der Waals surface area contributed by atoms with E-state index in [0.717, 1.165) is 54.0 Å². The number of carbonyl (C=O) groups is 1. The summed E-state index contributed by atoms with van der Waals surface area (Å²) in [5.41, 5.74) is 2.52. The number of ether oxygens (including phenoxy) is 1. The van der Waals surface area contributed by atoms with Crippen LogP contribution in [0, 0.1) is 5.92 Å². The molecule has 5 rings (SSSR count). The van der Waals surface area contributed by atoms with E-state index in [4.69, 9.17) is 13.6 Å². The molecule has 3 heterocycles. The number of para-hydroxylation sites is 1. The molecule has 1 atom stereocenters. The van der Waals surface area contributed by atoms with Crippen molar-refractivity contribution in [2.45, 2.75) is 25.8 Å². The van der Waals surface area contributed by atoms with Gasteiger partial charge in [0.05, 0.1) is 25.1 Å². The molecule has 2 aromatic carbocycles. The van der Waals surface area contributed by atoms with Gasteiger partial charge in [0.25, 0.3) is 5.91 Å². The molecule has 6 nitrogen and oxygen atoms in total. The second-order valence-electron chi connectivity index (χ2n) is 8.66. The second kappa shape index (κ2) is 9.16. The standard InChI is InChI=1S/C27H28N2O4/c1-18-13-15-29(16-14-18)25(19-9-11-20(31-2)12-10-19)26-24(21-6-3-4-7-22(21)33-26)28-27(30)23-8-5-17-32-23/h3-12,17-18,25H,13-16H2,1-2H3,(H,28,30). The van der Waals surface area contributed by atoms with E-state index in [2.05, 4.69) is 29.3 Å². The summed E-state index contributed by atoms with van der Waals surface area (Å²) in [5, 5.41) is 3.95. The average Bonchev–Trinajstić information content (AvgIpc) is 3.50. The third-order valence-electron chi connectivity index (χ3n) is 6.47. The van der Waals surface area contributed by atoms with Crippen molar-refractivity contribution >= 4 is 22.6 Å². The van der Waals surface area contributed by atoms with Crippen LogP contribution in [0.15, 0.2) is 75.8 Å². The van der Waals surface area contributed by atoms with Gasteiger partial charge >= 0.3 is 0 Å². The number of rotatable bonds is 6. The molecule has 0 aliphatic carbocycles. The molecule has 0 spiro atoms. The van der Waals surface area contributed by atoms with E-state index in [0.29, 0.717) is 11.6 Å². The topological polar surface area (TPSA) is 67.8 Å². The Morgan fingerprint density at radius 2 is 1.82 bits per heavy atom. The van der Waals surface area contributed by atoms with Crippen molar-refractivity contribution in [1.82, 2.24) is 4.90 Å². The van der Waals surface area contributed by atoms with Crippen LogP contribution in [0.4, 0.5) is 5.69 Å². The number of amides is 1. The quantitative estimate of drug-likeness (QED) is 0.389. The van der Waals surface area contributed by atoms with E-state index in [1.54, 1.807) is 19.2 Å². The van der Waals surface area contributed by atoms with Gasteiger partial charge in [0.2, 0.25) is 0 Å². The van der Waals surface area contributed by atoms with Crippen LogP contribution in [-0.2, 0) is 0 Å². The van der Waals surface area contributed by atoms with Crippen molar-refractivity contribution in [2.24, 2.45) is 5.92 Å². The van der Waals surface area contributed by atoms with E-state index in [1.165, 1.54) is 6.26 Å². The number of carbonyl (C=O) groups excluding carboxylic acids is 1.